The van der Waals surface area contributed by atoms with Gasteiger partial charge in [0.1, 0.15) is 0 Å². The summed E-state index contributed by atoms with van der Waals surface area (Å²) in [6.07, 6.45) is 3.65. The minimum absolute atomic E-state index is 0.0717. The highest BCUT2D eigenvalue weighted by atomic mass is 32.1. The summed E-state index contributed by atoms with van der Waals surface area (Å²) in [4.78, 5) is 22.0. The van der Waals surface area contributed by atoms with Gasteiger partial charge in [0, 0.05) is 31.3 Å². The number of rotatable bonds is 3. The number of anilines is 1. The van der Waals surface area contributed by atoms with Gasteiger partial charge in [-0.05, 0) is 31.0 Å². The molecule has 0 unspecified atom stereocenters. The maximum atomic E-state index is 11.3. The molecule has 0 bridgehead atoms. The van der Waals surface area contributed by atoms with Crippen molar-refractivity contribution >= 4 is 33.1 Å². The molecular weight excluding hydrogens is 324 g/mol. The van der Waals surface area contributed by atoms with Crippen LogP contribution in [-0.4, -0.2) is 28.0 Å². The van der Waals surface area contributed by atoms with E-state index in [0.717, 1.165) is 36.5 Å². The lowest BCUT2D eigenvalue weighted by atomic mass is 9.98. The molecular formula is C17H16N4O2S. The Bertz CT molecular complexity index is 862. The van der Waals surface area contributed by atoms with Crippen molar-refractivity contribution in [3.63, 3.8) is 0 Å². The van der Waals surface area contributed by atoms with E-state index in [1.807, 2.05) is 23.1 Å². The number of thiazole rings is 1. The van der Waals surface area contributed by atoms with Gasteiger partial charge in [-0.1, -0.05) is 12.1 Å². The Morgan fingerprint density at radius 2 is 2.12 bits per heavy atom. The van der Waals surface area contributed by atoms with Crippen LogP contribution in [0.15, 0.2) is 42.6 Å². The summed E-state index contributed by atoms with van der Waals surface area (Å²) in [5, 5.41) is 12.4. The molecule has 0 N–H and O–H groups in total. The lowest BCUT2D eigenvalue weighted by Crippen LogP contribution is -2.35. The van der Waals surface area contributed by atoms with Crippen LogP contribution in [0.3, 0.4) is 0 Å². The lowest BCUT2D eigenvalue weighted by molar-refractivity contribution is -0.384. The average molecular weight is 340 g/mol. The summed E-state index contributed by atoms with van der Waals surface area (Å²) < 4.78 is 1.19. The van der Waals surface area contributed by atoms with Crippen molar-refractivity contribution in [1.82, 2.24) is 9.97 Å². The van der Waals surface area contributed by atoms with Crippen molar-refractivity contribution in [3.05, 3.63) is 57.7 Å². The molecule has 3 heterocycles. The number of pyridine rings is 1. The standard InChI is InChI=1S/C17H16N4O2S/c22-21(23)14-7-3-9-18-16(14)20-10-4-5-12(11-20)17-19-13-6-1-2-8-15(13)24-17/h1-3,6-9,12H,4-5,10-11H2/t12-/m0/s1. The monoisotopic (exact) mass is 340 g/mol. The Morgan fingerprint density at radius 3 is 2.96 bits per heavy atom. The number of nitro groups is 1. The third-order valence-corrected chi connectivity index (χ3v) is 5.54. The van der Waals surface area contributed by atoms with Crippen molar-refractivity contribution < 1.29 is 4.92 Å². The van der Waals surface area contributed by atoms with Crippen LogP contribution >= 0.6 is 11.3 Å². The molecule has 6 nitrogen and oxygen atoms in total. The minimum Gasteiger partial charge on any atom is -0.350 e. The molecule has 1 saturated heterocycles. The Balaban J connectivity index is 1.63. The molecule has 122 valence electrons. The Morgan fingerprint density at radius 1 is 1.25 bits per heavy atom. The van der Waals surface area contributed by atoms with Crippen LogP contribution in [0.1, 0.15) is 23.8 Å². The fraction of sp³-hybridized carbons (Fsp3) is 0.294. The first-order valence-electron chi connectivity index (χ1n) is 7.92. The second kappa shape index (κ2) is 6.16. The zero-order valence-electron chi connectivity index (χ0n) is 13.0. The van der Waals surface area contributed by atoms with E-state index in [1.165, 1.54) is 10.8 Å². The fourth-order valence-electron chi connectivity index (χ4n) is 3.21. The number of para-hydroxylation sites is 1. The zero-order valence-corrected chi connectivity index (χ0v) is 13.8. The van der Waals surface area contributed by atoms with Crippen molar-refractivity contribution in [2.75, 3.05) is 18.0 Å². The van der Waals surface area contributed by atoms with Gasteiger partial charge in [-0.2, -0.15) is 0 Å². The number of fused-ring (bicyclic) bond motifs is 1. The molecule has 3 aromatic rings. The molecule has 0 saturated carbocycles. The molecule has 2 aromatic heterocycles. The van der Waals surface area contributed by atoms with Gasteiger partial charge in [-0.3, -0.25) is 10.1 Å². The van der Waals surface area contributed by atoms with E-state index in [2.05, 4.69) is 11.1 Å². The molecule has 1 atom stereocenters. The van der Waals surface area contributed by atoms with Crippen molar-refractivity contribution in [2.45, 2.75) is 18.8 Å². The summed E-state index contributed by atoms with van der Waals surface area (Å²) in [6.45, 7) is 1.51. The number of piperidine rings is 1. The van der Waals surface area contributed by atoms with Gasteiger partial charge in [0.2, 0.25) is 5.82 Å². The third-order valence-electron chi connectivity index (χ3n) is 4.34. The molecule has 7 heteroatoms. The lowest BCUT2D eigenvalue weighted by Gasteiger charge is -2.32. The van der Waals surface area contributed by atoms with Gasteiger partial charge >= 0.3 is 5.69 Å². The Kier molecular flexibility index (Phi) is 3.86. The van der Waals surface area contributed by atoms with Gasteiger partial charge in [-0.15, -0.1) is 11.3 Å². The first-order chi connectivity index (χ1) is 11.7. The number of nitrogens with zero attached hydrogens (tertiary/aromatic N) is 4. The highest BCUT2D eigenvalue weighted by Gasteiger charge is 2.28. The van der Waals surface area contributed by atoms with Crippen LogP contribution in [0.4, 0.5) is 11.5 Å². The third kappa shape index (κ3) is 2.71. The van der Waals surface area contributed by atoms with Crippen LogP contribution in [0.5, 0.6) is 0 Å². The van der Waals surface area contributed by atoms with E-state index in [0.29, 0.717) is 5.82 Å². The fourth-order valence-corrected chi connectivity index (χ4v) is 4.30. The zero-order chi connectivity index (χ0) is 16.5. The maximum absolute atomic E-state index is 11.3. The first kappa shape index (κ1) is 15.0. The van der Waals surface area contributed by atoms with Crippen LogP contribution in [-0.2, 0) is 0 Å². The van der Waals surface area contributed by atoms with E-state index in [1.54, 1.807) is 23.6 Å². The molecule has 1 aliphatic heterocycles. The van der Waals surface area contributed by atoms with Crippen LogP contribution in [0.25, 0.3) is 10.2 Å². The van der Waals surface area contributed by atoms with E-state index < -0.39 is 0 Å². The highest BCUT2D eigenvalue weighted by molar-refractivity contribution is 7.18. The van der Waals surface area contributed by atoms with Crippen LogP contribution < -0.4 is 4.90 Å². The van der Waals surface area contributed by atoms with Gasteiger partial charge in [-0.25, -0.2) is 9.97 Å². The summed E-state index contributed by atoms with van der Waals surface area (Å²) in [5.41, 5.74) is 1.10. The number of benzene rings is 1. The second-order valence-electron chi connectivity index (χ2n) is 5.91. The van der Waals surface area contributed by atoms with Crippen molar-refractivity contribution in [2.24, 2.45) is 0 Å². The number of aromatic nitrogens is 2. The Labute approximate surface area is 142 Å². The Hall–Kier alpha value is -2.54. The van der Waals surface area contributed by atoms with Crippen molar-refractivity contribution in [1.29, 1.82) is 0 Å². The summed E-state index contributed by atoms with van der Waals surface area (Å²) in [5.74, 6) is 0.756. The topological polar surface area (TPSA) is 72.2 Å². The predicted octanol–water partition coefficient (Wildman–Crippen LogP) is 3.98. The molecule has 1 aliphatic rings. The van der Waals surface area contributed by atoms with E-state index in [4.69, 9.17) is 4.98 Å². The summed E-state index contributed by atoms with van der Waals surface area (Å²) >= 11 is 1.72. The average Bonchev–Trinajstić information content (AvgIpc) is 3.06. The van der Waals surface area contributed by atoms with Crippen LogP contribution in [0.2, 0.25) is 0 Å². The quantitative estimate of drug-likeness (QED) is 0.532. The molecule has 0 radical (unpaired) electrons. The van der Waals surface area contributed by atoms with Gasteiger partial charge in [0.15, 0.2) is 0 Å². The molecule has 0 spiro atoms. The predicted molar refractivity (Wildman–Crippen MR) is 94.7 cm³/mol. The molecule has 24 heavy (non-hydrogen) atoms. The van der Waals surface area contributed by atoms with Gasteiger partial charge < -0.3 is 4.90 Å². The maximum Gasteiger partial charge on any atom is 0.311 e. The first-order valence-corrected chi connectivity index (χ1v) is 8.74. The normalized spacial score (nSPS) is 18.0. The minimum atomic E-state index is -0.358. The van der Waals surface area contributed by atoms with Gasteiger partial charge in [0.05, 0.1) is 20.1 Å². The smallest absolute Gasteiger partial charge is 0.311 e. The molecule has 4 rings (SSSR count). The summed E-state index contributed by atoms with van der Waals surface area (Å²) in [6, 6.07) is 11.3. The van der Waals surface area contributed by atoms with E-state index >= 15 is 0 Å². The molecule has 0 amide bonds. The van der Waals surface area contributed by atoms with Crippen LogP contribution in [0, 0.1) is 10.1 Å². The number of hydrogen-bond donors (Lipinski definition) is 0. The second-order valence-corrected chi connectivity index (χ2v) is 6.97. The van der Waals surface area contributed by atoms with Gasteiger partial charge in [0.25, 0.3) is 0 Å². The van der Waals surface area contributed by atoms with Crippen molar-refractivity contribution in [3.8, 4) is 0 Å². The number of hydrogen-bond acceptors (Lipinski definition) is 6. The summed E-state index contributed by atoms with van der Waals surface area (Å²) in [7, 11) is 0. The highest BCUT2D eigenvalue weighted by Crippen LogP contribution is 2.36. The molecule has 1 aromatic carbocycles. The molecule has 0 aliphatic carbocycles. The van der Waals surface area contributed by atoms with E-state index in [9.17, 15) is 10.1 Å². The SMILES string of the molecule is O=[N+]([O-])c1cccnc1N1CCC[C@H](c2nc3ccccc3s2)C1. The largest absolute Gasteiger partial charge is 0.350 e. The molecule has 1 fully saturated rings. The van der Waals surface area contributed by atoms with E-state index in [-0.39, 0.29) is 16.5 Å².